The predicted octanol–water partition coefficient (Wildman–Crippen LogP) is 3.08. The Hall–Kier alpha value is -0.990. The fourth-order valence-corrected chi connectivity index (χ4v) is 2.98. The van der Waals surface area contributed by atoms with Gasteiger partial charge in [-0.2, -0.15) is 0 Å². The molecule has 1 fully saturated rings. The third kappa shape index (κ3) is 1.67. The van der Waals surface area contributed by atoms with Crippen LogP contribution in [0.4, 0.5) is 0 Å². The second-order valence-corrected chi connectivity index (χ2v) is 5.56. The van der Waals surface area contributed by atoms with Crippen LogP contribution in [0.25, 0.3) is 10.9 Å². The Morgan fingerprint density at radius 1 is 1.41 bits per heavy atom. The summed E-state index contributed by atoms with van der Waals surface area (Å²) in [7, 11) is 4.12. The van der Waals surface area contributed by atoms with Crippen LogP contribution in [-0.2, 0) is 12.5 Å². The van der Waals surface area contributed by atoms with Crippen LogP contribution in [-0.4, -0.2) is 18.2 Å². The van der Waals surface area contributed by atoms with Crippen molar-refractivity contribution < 1.29 is 0 Å². The van der Waals surface area contributed by atoms with E-state index in [1.807, 2.05) is 13.1 Å². The number of benzene rings is 1. The van der Waals surface area contributed by atoms with Gasteiger partial charge in [0.25, 0.3) is 0 Å². The highest BCUT2D eigenvalue weighted by Gasteiger charge is 2.45. The smallest absolute Gasteiger partial charge is 0.0495 e. The zero-order valence-electron chi connectivity index (χ0n) is 10.3. The summed E-state index contributed by atoms with van der Waals surface area (Å²) < 4.78 is 2.19. The van der Waals surface area contributed by atoms with E-state index in [0.29, 0.717) is 5.41 Å². The average molecular weight is 249 g/mol. The molecule has 0 saturated heterocycles. The van der Waals surface area contributed by atoms with Gasteiger partial charge in [0.2, 0.25) is 0 Å². The van der Waals surface area contributed by atoms with E-state index < -0.39 is 0 Å². The minimum absolute atomic E-state index is 0.363. The van der Waals surface area contributed by atoms with Gasteiger partial charge < -0.3 is 9.88 Å². The summed E-state index contributed by atoms with van der Waals surface area (Å²) >= 11 is 6.07. The maximum Gasteiger partial charge on any atom is 0.0495 e. The molecule has 0 atom stereocenters. The van der Waals surface area contributed by atoms with Gasteiger partial charge in [-0.05, 0) is 37.6 Å². The first-order valence-electron chi connectivity index (χ1n) is 6.06. The van der Waals surface area contributed by atoms with E-state index in [2.05, 4.69) is 35.3 Å². The fourth-order valence-electron chi connectivity index (χ4n) is 2.81. The van der Waals surface area contributed by atoms with Crippen LogP contribution in [0.1, 0.15) is 18.4 Å². The zero-order valence-corrected chi connectivity index (χ0v) is 11.0. The molecule has 17 heavy (non-hydrogen) atoms. The molecular formula is C14H17ClN2. The highest BCUT2D eigenvalue weighted by molar-refractivity contribution is 6.31. The monoisotopic (exact) mass is 248 g/mol. The first-order valence-corrected chi connectivity index (χ1v) is 6.44. The molecule has 0 unspecified atom stereocenters. The summed E-state index contributed by atoms with van der Waals surface area (Å²) in [4.78, 5) is 0. The molecule has 3 rings (SSSR count). The van der Waals surface area contributed by atoms with Crippen LogP contribution >= 0.6 is 11.6 Å². The molecule has 2 aromatic rings. The third-order valence-electron chi connectivity index (χ3n) is 3.89. The van der Waals surface area contributed by atoms with Crippen LogP contribution in [0.2, 0.25) is 5.02 Å². The molecule has 0 spiro atoms. The molecule has 0 radical (unpaired) electrons. The minimum atomic E-state index is 0.363. The molecule has 1 aliphatic carbocycles. The fraction of sp³-hybridized carbons (Fsp3) is 0.429. The van der Waals surface area contributed by atoms with Gasteiger partial charge in [0.15, 0.2) is 0 Å². The number of nitrogens with zero attached hydrogens (tertiary/aromatic N) is 1. The molecule has 1 heterocycles. The maximum absolute atomic E-state index is 6.07. The number of aryl methyl sites for hydroxylation is 1. The first-order chi connectivity index (χ1) is 8.16. The van der Waals surface area contributed by atoms with E-state index in [-0.39, 0.29) is 0 Å². The Labute approximate surface area is 107 Å². The summed E-state index contributed by atoms with van der Waals surface area (Å²) in [6.07, 6.45) is 4.84. The topological polar surface area (TPSA) is 17.0 Å². The minimum Gasteiger partial charge on any atom is -0.350 e. The van der Waals surface area contributed by atoms with E-state index in [1.54, 1.807) is 0 Å². The zero-order chi connectivity index (χ0) is 12.0. The number of nitrogens with one attached hydrogen (secondary N) is 1. The lowest BCUT2D eigenvalue weighted by Gasteiger charge is -2.13. The molecule has 1 saturated carbocycles. The second kappa shape index (κ2) is 3.76. The van der Waals surface area contributed by atoms with Gasteiger partial charge in [-0.15, -0.1) is 0 Å². The Balaban J connectivity index is 2.18. The van der Waals surface area contributed by atoms with Crippen LogP contribution in [0.15, 0.2) is 24.4 Å². The van der Waals surface area contributed by atoms with Crippen molar-refractivity contribution in [3.63, 3.8) is 0 Å². The van der Waals surface area contributed by atoms with Crippen molar-refractivity contribution in [3.8, 4) is 0 Å². The molecule has 1 N–H and O–H groups in total. The number of aromatic nitrogens is 1. The lowest BCUT2D eigenvalue weighted by Crippen LogP contribution is -2.23. The van der Waals surface area contributed by atoms with Crippen LogP contribution in [0.3, 0.4) is 0 Å². The van der Waals surface area contributed by atoms with Crippen molar-refractivity contribution in [1.82, 2.24) is 9.88 Å². The van der Waals surface area contributed by atoms with Crippen molar-refractivity contribution in [2.24, 2.45) is 7.05 Å². The van der Waals surface area contributed by atoms with E-state index in [0.717, 1.165) is 11.6 Å². The highest BCUT2D eigenvalue weighted by atomic mass is 35.5. The standard InChI is InChI=1S/C14H17ClN2/c1-16-9-14(5-6-14)12-8-17(2)13-7-10(15)3-4-11(12)13/h3-4,7-8,16H,5-6,9H2,1-2H3. The van der Waals surface area contributed by atoms with Gasteiger partial charge in [-0.1, -0.05) is 17.7 Å². The van der Waals surface area contributed by atoms with E-state index in [9.17, 15) is 0 Å². The average Bonchev–Trinajstić information content (AvgIpc) is 3.00. The summed E-state index contributed by atoms with van der Waals surface area (Å²) in [5, 5.41) is 5.48. The predicted molar refractivity (Wildman–Crippen MR) is 72.8 cm³/mol. The largest absolute Gasteiger partial charge is 0.350 e. The van der Waals surface area contributed by atoms with Crippen LogP contribution < -0.4 is 5.32 Å². The Morgan fingerprint density at radius 3 is 2.82 bits per heavy atom. The van der Waals surface area contributed by atoms with Crippen molar-refractivity contribution in [1.29, 1.82) is 0 Å². The number of fused-ring (bicyclic) bond motifs is 1. The number of rotatable bonds is 3. The van der Waals surface area contributed by atoms with Gasteiger partial charge in [0, 0.05) is 41.1 Å². The van der Waals surface area contributed by atoms with Gasteiger partial charge >= 0.3 is 0 Å². The lowest BCUT2D eigenvalue weighted by molar-refractivity contribution is 0.626. The molecule has 1 aliphatic rings. The number of hydrogen-bond acceptors (Lipinski definition) is 1. The molecule has 1 aromatic heterocycles. The third-order valence-corrected chi connectivity index (χ3v) is 4.13. The Bertz CT molecular complexity index is 567. The van der Waals surface area contributed by atoms with Crippen LogP contribution in [0.5, 0.6) is 0 Å². The van der Waals surface area contributed by atoms with Gasteiger partial charge in [-0.3, -0.25) is 0 Å². The first kappa shape index (κ1) is 11.1. The number of likely N-dealkylation sites (N-methyl/N-ethyl adjacent to an activating group) is 1. The summed E-state index contributed by atoms with van der Waals surface area (Å²) in [6.45, 7) is 1.06. The lowest BCUT2D eigenvalue weighted by atomic mass is 9.95. The van der Waals surface area contributed by atoms with Gasteiger partial charge in [0.05, 0.1) is 0 Å². The number of halogens is 1. The maximum atomic E-state index is 6.07. The van der Waals surface area contributed by atoms with E-state index >= 15 is 0 Å². The molecular weight excluding hydrogens is 232 g/mol. The molecule has 0 aliphatic heterocycles. The molecule has 0 amide bonds. The van der Waals surface area contributed by atoms with Crippen molar-refractivity contribution >= 4 is 22.5 Å². The molecule has 2 nitrogen and oxygen atoms in total. The van der Waals surface area contributed by atoms with Crippen molar-refractivity contribution in [3.05, 3.63) is 35.0 Å². The SMILES string of the molecule is CNCC1(c2cn(C)c3cc(Cl)ccc23)CC1. The molecule has 1 aromatic carbocycles. The van der Waals surface area contributed by atoms with Crippen LogP contribution in [0, 0.1) is 0 Å². The normalized spacial score (nSPS) is 17.6. The summed E-state index contributed by atoms with van der Waals surface area (Å²) in [5.41, 5.74) is 3.07. The van der Waals surface area contributed by atoms with E-state index in [1.165, 1.54) is 29.3 Å². The summed E-state index contributed by atoms with van der Waals surface area (Å²) in [6, 6.07) is 6.20. The number of hydrogen-bond donors (Lipinski definition) is 1. The van der Waals surface area contributed by atoms with Crippen molar-refractivity contribution in [2.45, 2.75) is 18.3 Å². The summed E-state index contributed by atoms with van der Waals surface area (Å²) in [5.74, 6) is 0. The Kier molecular flexibility index (Phi) is 2.46. The quantitative estimate of drug-likeness (QED) is 0.883. The molecule has 0 bridgehead atoms. The Morgan fingerprint density at radius 2 is 2.18 bits per heavy atom. The van der Waals surface area contributed by atoms with Gasteiger partial charge in [0.1, 0.15) is 0 Å². The highest BCUT2D eigenvalue weighted by Crippen LogP contribution is 2.50. The van der Waals surface area contributed by atoms with E-state index in [4.69, 9.17) is 11.6 Å². The van der Waals surface area contributed by atoms with Gasteiger partial charge in [-0.25, -0.2) is 0 Å². The van der Waals surface area contributed by atoms with Crippen molar-refractivity contribution in [2.75, 3.05) is 13.6 Å². The molecule has 3 heteroatoms. The second-order valence-electron chi connectivity index (χ2n) is 5.13. The molecule has 90 valence electrons.